The van der Waals surface area contributed by atoms with Gasteiger partial charge in [0.15, 0.2) is 0 Å². The number of hydrazine groups is 2. The minimum absolute atomic E-state index is 0.444. The topological polar surface area (TPSA) is 81.3 Å². The van der Waals surface area contributed by atoms with Crippen LogP contribution in [-0.2, 0) is 0 Å². The quantitative estimate of drug-likeness (QED) is 0.172. The van der Waals surface area contributed by atoms with E-state index in [2.05, 4.69) is 6.58 Å². The van der Waals surface area contributed by atoms with Gasteiger partial charge in [-0.25, -0.2) is 0 Å². The molecule has 0 fully saturated rings. The molecule has 0 aliphatic rings. The van der Waals surface area contributed by atoms with Crippen LogP contribution in [-0.4, -0.2) is 11.3 Å². The third-order valence-electron chi connectivity index (χ3n) is 0.586. The molecule has 0 aliphatic heterocycles. The van der Waals surface area contributed by atoms with Gasteiger partial charge in [0.25, 0.3) is 0 Å². The summed E-state index contributed by atoms with van der Waals surface area (Å²) in [5, 5.41) is 0.882. The van der Waals surface area contributed by atoms with E-state index in [1.807, 2.05) is 0 Å². The van der Waals surface area contributed by atoms with E-state index in [-0.39, 0.29) is 0 Å². The van der Waals surface area contributed by atoms with Crippen molar-refractivity contribution in [1.82, 2.24) is 5.12 Å². The summed E-state index contributed by atoms with van der Waals surface area (Å²) in [5.74, 6) is 9.92. The SMILES string of the molecule is C=CC(N)N(N)N. The van der Waals surface area contributed by atoms with E-state index in [0.29, 0.717) is 0 Å². The molecule has 4 nitrogen and oxygen atoms in total. The van der Waals surface area contributed by atoms with Crippen LogP contribution in [0.15, 0.2) is 12.7 Å². The maximum atomic E-state index is 5.17. The molecule has 0 aromatic heterocycles. The van der Waals surface area contributed by atoms with Crippen LogP contribution < -0.4 is 17.4 Å². The smallest absolute Gasteiger partial charge is 0.104 e. The van der Waals surface area contributed by atoms with Gasteiger partial charge in [-0.05, 0) is 0 Å². The molecule has 0 spiro atoms. The lowest BCUT2D eigenvalue weighted by Crippen LogP contribution is -2.50. The van der Waals surface area contributed by atoms with Crippen molar-refractivity contribution >= 4 is 0 Å². The first kappa shape index (κ1) is 6.58. The normalized spacial score (nSPS) is 14.3. The molecule has 0 aliphatic carbocycles. The summed E-state index contributed by atoms with van der Waals surface area (Å²) in [7, 11) is 0. The predicted molar refractivity (Wildman–Crippen MR) is 28.4 cm³/mol. The summed E-state index contributed by atoms with van der Waals surface area (Å²) < 4.78 is 0. The molecular weight excluding hydrogens is 92.1 g/mol. The van der Waals surface area contributed by atoms with Gasteiger partial charge in [-0.15, -0.1) is 6.58 Å². The Hall–Kier alpha value is -0.420. The van der Waals surface area contributed by atoms with Crippen molar-refractivity contribution in [2.24, 2.45) is 17.4 Å². The second-order valence-electron chi connectivity index (χ2n) is 1.17. The van der Waals surface area contributed by atoms with Crippen LogP contribution in [0.5, 0.6) is 0 Å². The molecule has 0 rings (SSSR count). The van der Waals surface area contributed by atoms with E-state index in [1.54, 1.807) is 0 Å². The van der Waals surface area contributed by atoms with E-state index in [1.165, 1.54) is 6.08 Å². The zero-order valence-corrected chi connectivity index (χ0v) is 4.04. The lowest BCUT2D eigenvalue weighted by atomic mass is 10.5. The van der Waals surface area contributed by atoms with Crippen molar-refractivity contribution < 1.29 is 0 Å². The second-order valence-corrected chi connectivity index (χ2v) is 1.17. The minimum atomic E-state index is -0.444. The minimum Gasteiger partial charge on any atom is -0.310 e. The first-order chi connectivity index (χ1) is 3.18. The third kappa shape index (κ3) is 2.30. The molecule has 4 heteroatoms. The molecule has 0 aromatic carbocycles. The fourth-order valence-electron chi connectivity index (χ4n) is 0.122. The van der Waals surface area contributed by atoms with E-state index < -0.39 is 6.17 Å². The zero-order chi connectivity index (χ0) is 5.86. The Kier molecular flexibility index (Phi) is 2.54. The average molecular weight is 102 g/mol. The average Bonchev–Trinajstić information content (AvgIpc) is 1.65. The molecule has 0 radical (unpaired) electrons. The first-order valence-electron chi connectivity index (χ1n) is 1.85. The molecule has 0 bridgehead atoms. The van der Waals surface area contributed by atoms with E-state index >= 15 is 0 Å². The summed E-state index contributed by atoms with van der Waals surface area (Å²) in [6.07, 6.45) is 1.000. The molecule has 0 amide bonds. The van der Waals surface area contributed by atoms with Crippen molar-refractivity contribution in [3.63, 3.8) is 0 Å². The van der Waals surface area contributed by atoms with Crippen molar-refractivity contribution in [2.75, 3.05) is 0 Å². The van der Waals surface area contributed by atoms with Gasteiger partial charge < -0.3 is 5.73 Å². The van der Waals surface area contributed by atoms with E-state index in [0.717, 1.165) is 5.12 Å². The highest BCUT2D eigenvalue weighted by molar-refractivity contribution is 4.77. The van der Waals surface area contributed by atoms with Crippen molar-refractivity contribution in [3.8, 4) is 0 Å². The van der Waals surface area contributed by atoms with Gasteiger partial charge in [-0.3, -0.25) is 11.7 Å². The maximum absolute atomic E-state index is 5.17. The Morgan fingerprint density at radius 1 is 1.57 bits per heavy atom. The highest BCUT2D eigenvalue weighted by Crippen LogP contribution is 1.73. The van der Waals surface area contributed by atoms with E-state index in [4.69, 9.17) is 17.4 Å². The lowest BCUT2D eigenvalue weighted by molar-refractivity contribution is 0.248. The van der Waals surface area contributed by atoms with Gasteiger partial charge in [0.1, 0.15) is 6.17 Å². The summed E-state index contributed by atoms with van der Waals surface area (Å²) in [6, 6.07) is 0. The highest BCUT2D eigenvalue weighted by Gasteiger charge is 1.95. The fraction of sp³-hybridized carbons (Fsp3) is 0.333. The molecule has 0 saturated carbocycles. The summed E-state index contributed by atoms with van der Waals surface area (Å²) in [6.45, 7) is 3.36. The number of nitrogens with zero attached hydrogens (tertiary/aromatic N) is 1. The van der Waals surface area contributed by atoms with Crippen molar-refractivity contribution in [2.45, 2.75) is 6.17 Å². The number of rotatable bonds is 2. The van der Waals surface area contributed by atoms with Gasteiger partial charge >= 0.3 is 0 Å². The molecule has 42 valence electrons. The lowest BCUT2D eigenvalue weighted by Gasteiger charge is -2.12. The van der Waals surface area contributed by atoms with E-state index in [9.17, 15) is 0 Å². The maximum Gasteiger partial charge on any atom is 0.104 e. The molecule has 7 heavy (non-hydrogen) atoms. The molecule has 1 unspecified atom stereocenters. The first-order valence-corrected chi connectivity index (χ1v) is 1.85. The fourth-order valence-corrected chi connectivity index (χ4v) is 0.122. The second kappa shape index (κ2) is 2.70. The number of hydrogen-bond donors (Lipinski definition) is 3. The summed E-state index contributed by atoms with van der Waals surface area (Å²) in [4.78, 5) is 0. The Balaban J connectivity index is 3.33. The van der Waals surface area contributed by atoms with Gasteiger partial charge in [0.05, 0.1) is 0 Å². The monoisotopic (exact) mass is 102 g/mol. The van der Waals surface area contributed by atoms with Crippen molar-refractivity contribution in [1.29, 1.82) is 0 Å². The van der Waals surface area contributed by atoms with Crippen LogP contribution in [0.3, 0.4) is 0 Å². The zero-order valence-electron chi connectivity index (χ0n) is 4.04. The Morgan fingerprint density at radius 3 is 2.00 bits per heavy atom. The molecule has 0 saturated heterocycles. The van der Waals surface area contributed by atoms with Crippen molar-refractivity contribution in [3.05, 3.63) is 12.7 Å². The van der Waals surface area contributed by atoms with Gasteiger partial charge in [0, 0.05) is 0 Å². The number of nitrogens with two attached hydrogens (primary N) is 3. The third-order valence-corrected chi connectivity index (χ3v) is 0.586. The Labute approximate surface area is 42.5 Å². The van der Waals surface area contributed by atoms with Gasteiger partial charge in [0.2, 0.25) is 0 Å². The van der Waals surface area contributed by atoms with Crippen LogP contribution in [0, 0.1) is 0 Å². The Morgan fingerprint density at radius 2 is 2.00 bits per heavy atom. The van der Waals surface area contributed by atoms with Gasteiger partial charge in [-0.1, -0.05) is 6.08 Å². The largest absolute Gasteiger partial charge is 0.310 e. The highest BCUT2D eigenvalue weighted by atomic mass is 15.6. The van der Waals surface area contributed by atoms with Crippen LogP contribution >= 0.6 is 0 Å². The summed E-state index contributed by atoms with van der Waals surface area (Å²) in [5.41, 5.74) is 5.17. The van der Waals surface area contributed by atoms with Gasteiger partial charge in [-0.2, -0.15) is 5.12 Å². The molecule has 0 aromatic rings. The number of hydrogen-bond acceptors (Lipinski definition) is 4. The predicted octanol–water partition coefficient (Wildman–Crippen LogP) is -1.49. The molecular formula is C3H10N4. The molecule has 6 N–H and O–H groups in total. The summed E-state index contributed by atoms with van der Waals surface area (Å²) >= 11 is 0. The van der Waals surface area contributed by atoms with Crippen LogP contribution in [0.25, 0.3) is 0 Å². The van der Waals surface area contributed by atoms with Crippen LogP contribution in [0.4, 0.5) is 0 Å². The molecule has 0 heterocycles. The standard InChI is InChI=1S/C3H10N4/c1-2-3(4)7(5)6/h2-3H,1,4-6H2. The molecule has 1 atom stereocenters. The van der Waals surface area contributed by atoms with Crippen LogP contribution in [0.1, 0.15) is 0 Å². The Bertz CT molecular complexity index is 60.0. The van der Waals surface area contributed by atoms with Crippen LogP contribution in [0.2, 0.25) is 0 Å².